The number of H-pyrrole nitrogens is 1. The van der Waals surface area contributed by atoms with Gasteiger partial charge in [-0.05, 0) is 18.4 Å². The molecule has 84 valence electrons. The van der Waals surface area contributed by atoms with Gasteiger partial charge in [0.25, 0.3) is 0 Å². The number of aromatic amines is 1. The molecule has 1 aromatic heterocycles. The number of aliphatic hydroxyl groups is 1. The number of aromatic nitrogens is 2. The first-order chi connectivity index (χ1) is 7.75. The molecule has 0 bridgehead atoms. The van der Waals surface area contributed by atoms with Gasteiger partial charge in [-0.3, -0.25) is 5.10 Å². The van der Waals surface area contributed by atoms with Crippen molar-refractivity contribution < 1.29 is 5.11 Å². The summed E-state index contributed by atoms with van der Waals surface area (Å²) >= 11 is 0. The van der Waals surface area contributed by atoms with E-state index in [1.165, 1.54) is 5.56 Å². The van der Waals surface area contributed by atoms with Crippen molar-refractivity contribution in [3.63, 3.8) is 0 Å². The van der Waals surface area contributed by atoms with Crippen LogP contribution < -0.4 is 5.73 Å². The first-order valence-corrected chi connectivity index (χ1v) is 5.56. The maximum Gasteiger partial charge on any atom is 0.0688 e. The maximum atomic E-state index is 9.52. The standard InChI is InChI=1S/C12H15N3O/c13-7-12(4-9(16)5-12)10-3-1-2-8-6-14-15-11(8)10/h1-3,6,9,16H,4-5,7,13H2,(H,14,15). The predicted octanol–water partition coefficient (Wildman–Crippen LogP) is 0.914. The normalized spacial score (nSPS) is 29.2. The molecule has 4 N–H and O–H groups in total. The summed E-state index contributed by atoms with van der Waals surface area (Å²) in [5, 5.41) is 17.7. The van der Waals surface area contributed by atoms with Gasteiger partial charge in [0.15, 0.2) is 0 Å². The van der Waals surface area contributed by atoms with Gasteiger partial charge >= 0.3 is 0 Å². The minimum absolute atomic E-state index is 0.0640. The Kier molecular flexibility index (Phi) is 2.02. The maximum absolute atomic E-state index is 9.52. The molecule has 16 heavy (non-hydrogen) atoms. The van der Waals surface area contributed by atoms with Gasteiger partial charge in [0.2, 0.25) is 0 Å². The van der Waals surface area contributed by atoms with Crippen molar-refractivity contribution in [1.29, 1.82) is 0 Å². The molecule has 3 rings (SSSR count). The molecule has 1 aliphatic rings. The van der Waals surface area contributed by atoms with Gasteiger partial charge in [0.1, 0.15) is 0 Å². The smallest absolute Gasteiger partial charge is 0.0688 e. The molecule has 1 heterocycles. The Bertz CT molecular complexity index is 514. The van der Waals surface area contributed by atoms with Crippen LogP contribution in [0.3, 0.4) is 0 Å². The molecule has 1 fully saturated rings. The molecule has 1 saturated carbocycles. The van der Waals surface area contributed by atoms with Crippen molar-refractivity contribution in [3.8, 4) is 0 Å². The number of hydrogen-bond donors (Lipinski definition) is 3. The zero-order valence-corrected chi connectivity index (χ0v) is 8.98. The van der Waals surface area contributed by atoms with Gasteiger partial charge in [0, 0.05) is 17.3 Å². The Hall–Kier alpha value is -1.39. The molecule has 0 saturated heterocycles. The SMILES string of the molecule is NCC1(c2cccc3cn[nH]c23)CC(O)C1. The van der Waals surface area contributed by atoms with E-state index >= 15 is 0 Å². The topological polar surface area (TPSA) is 74.9 Å². The lowest BCUT2D eigenvalue weighted by molar-refractivity contribution is 0.0228. The van der Waals surface area contributed by atoms with E-state index in [1.54, 1.807) is 0 Å². The van der Waals surface area contributed by atoms with Crippen molar-refractivity contribution in [2.24, 2.45) is 5.73 Å². The summed E-state index contributed by atoms with van der Waals surface area (Å²) in [5.74, 6) is 0. The largest absolute Gasteiger partial charge is 0.393 e. The van der Waals surface area contributed by atoms with Gasteiger partial charge in [-0.25, -0.2) is 0 Å². The van der Waals surface area contributed by atoms with Gasteiger partial charge in [-0.15, -0.1) is 0 Å². The summed E-state index contributed by atoms with van der Waals surface area (Å²) in [6.45, 7) is 0.572. The minimum Gasteiger partial charge on any atom is -0.393 e. The fourth-order valence-corrected chi connectivity index (χ4v) is 2.75. The predicted molar refractivity (Wildman–Crippen MR) is 62.1 cm³/mol. The highest BCUT2D eigenvalue weighted by atomic mass is 16.3. The van der Waals surface area contributed by atoms with Crippen LogP contribution in [0.5, 0.6) is 0 Å². The number of nitrogens with two attached hydrogens (primary N) is 1. The number of rotatable bonds is 2. The lowest BCUT2D eigenvalue weighted by Crippen LogP contribution is -2.49. The zero-order valence-electron chi connectivity index (χ0n) is 8.98. The third-order valence-corrected chi connectivity index (χ3v) is 3.69. The zero-order chi connectivity index (χ0) is 11.2. The fourth-order valence-electron chi connectivity index (χ4n) is 2.75. The first kappa shape index (κ1) is 9.81. The van der Waals surface area contributed by atoms with Crippen LogP contribution in [0.15, 0.2) is 24.4 Å². The number of aliphatic hydroxyl groups excluding tert-OH is 1. The number of para-hydroxylation sites is 1. The van der Waals surface area contributed by atoms with E-state index in [4.69, 9.17) is 5.73 Å². The third kappa shape index (κ3) is 1.20. The van der Waals surface area contributed by atoms with Gasteiger partial charge in [0.05, 0.1) is 17.8 Å². The second-order valence-electron chi connectivity index (χ2n) is 4.69. The summed E-state index contributed by atoms with van der Waals surface area (Å²) in [5.41, 5.74) is 8.06. The molecular weight excluding hydrogens is 202 g/mol. The molecule has 0 spiro atoms. The Morgan fingerprint density at radius 1 is 1.50 bits per heavy atom. The number of benzene rings is 1. The van der Waals surface area contributed by atoms with Crippen LogP contribution in [0.25, 0.3) is 10.9 Å². The van der Waals surface area contributed by atoms with E-state index in [0.717, 1.165) is 23.7 Å². The number of hydrogen-bond acceptors (Lipinski definition) is 3. The summed E-state index contributed by atoms with van der Waals surface area (Å²) in [4.78, 5) is 0. The Morgan fingerprint density at radius 3 is 3.00 bits per heavy atom. The molecule has 4 heteroatoms. The van der Waals surface area contributed by atoms with Gasteiger partial charge in [-0.2, -0.15) is 5.10 Å². The van der Waals surface area contributed by atoms with Crippen LogP contribution >= 0.6 is 0 Å². The van der Waals surface area contributed by atoms with Crippen molar-refractivity contribution in [1.82, 2.24) is 10.2 Å². The van der Waals surface area contributed by atoms with Crippen molar-refractivity contribution in [3.05, 3.63) is 30.0 Å². The highest BCUT2D eigenvalue weighted by molar-refractivity contribution is 5.82. The molecule has 0 amide bonds. The summed E-state index contributed by atoms with van der Waals surface area (Å²) in [7, 11) is 0. The van der Waals surface area contributed by atoms with Crippen molar-refractivity contribution in [2.45, 2.75) is 24.4 Å². The monoisotopic (exact) mass is 217 g/mol. The van der Waals surface area contributed by atoms with Crippen LogP contribution in [0, 0.1) is 0 Å². The molecule has 0 unspecified atom stereocenters. The van der Waals surface area contributed by atoms with Gasteiger partial charge in [-0.1, -0.05) is 18.2 Å². The summed E-state index contributed by atoms with van der Waals surface area (Å²) in [6.07, 6.45) is 3.11. The average molecular weight is 217 g/mol. The minimum atomic E-state index is -0.207. The molecule has 1 aromatic carbocycles. The quantitative estimate of drug-likeness (QED) is 0.700. The number of nitrogens with zero attached hydrogens (tertiary/aromatic N) is 1. The molecule has 0 atom stereocenters. The van der Waals surface area contributed by atoms with E-state index < -0.39 is 0 Å². The third-order valence-electron chi connectivity index (χ3n) is 3.69. The summed E-state index contributed by atoms with van der Waals surface area (Å²) in [6, 6.07) is 6.14. The van der Waals surface area contributed by atoms with E-state index in [0.29, 0.717) is 6.54 Å². The molecule has 1 aliphatic carbocycles. The van der Waals surface area contributed by atoms with Crippen LogP contribution in [0.1, 0.15) is 18.4 Å². The van der Waals surface area contributed by atoms with Crippen molar-refractivity contribution >= 4 is 10.9 Å². The molecular formula is C12H15N3O. The lowest BCUT2D eigenvalue weighted by Gasteiger charge is -2.45. The van der Waals surface area contributed by atoms with Gasteiger partial charge < -0.3 is 10.8 Å². The summed E-state index contributed by atoms with van der Waals surface area (Å²) < 4.78 is 0. The lowest BCUT2D eigenvalue weighted by atomic mass is 9.62. The molecule has 0 aliphatic heterocycles. The van der Waals surface area contributed by atoms with Crippen LogP contribution in [-0.4, -0.2) is 28.0 Å². The average Bonchev–Trinajstić information content (AvgIpc) is 2.72. The Balaban J connectivity index is 2.14. The second kappa shape index (κ2) is 3.30. The van der Waals surface area contributed by atoms with Crippen LogP contribution in [-0.2, 0) is 5.41 Å². The van der Waals surface area contributed by atoms with Crippen LogP contribution in [0.2, 0.25) is 0 Å². The van der Waals surface area contributed by atoms with E-state index in [2.05, 4.69) is 16.3 Å². The van der Waals surface area contributed by atoms with E-state index in [1.807, 2.05) is 18.3 Å². The molecule has 4 nitrogen and oxygen atoms in total. The van der Waals surface area contributed by atoms with Crippen LogP contribution in [0.4, 0.5) is 0 Å². The number of fused-ring (bicyclic) bond motifs is 1. The Labute approximate surface area is 93.5 Å². The fraction of sp³-hybridized carbons (Fsp3) is 0.417. The number of nitrogens with one attached hydrogen (secondary N) is 1. The molecule has 0 radical (unpaired) electrons. The highest BCUT2D eigenvalue weighted by Crippen LogP contribution is 2.44. The van der Waals surface area contributed by atoms with E-state index in [9.17, 15) is 5.11 Å². The Morgan fingerprint density at radius 2 is 2.31 bits per heavy atom. The van der Waals surface area contributed by atoms with E-state index in [-0.39, 0.29) is 11.5 Å². The first-order valence-electron chi connectivity index (χ1n) is 5.56. The molecule has 2 aromatic rings. The highest BCUT2D eigenvalue weighted by Gasteiger charge is 2.44. The second-order valence-corrected chi connectivity index (χ2v) is 4.69. The van der Waals surface area contributed by atoms with Crippen molar-refractivity contribution in [2.75, 3.05) is 6.54 Å².